The van der Waals surface area contributed by atoms with Gasteiger partial charge in [-0.15, -0.1) is 0 Å². The van der Waals surface area contributed by atoms with Crippen LogP contribution in [0.15, 0.2) is 12.7 Å². The summed E-state index contributed by atoms with van der Waals surface area (Å²) in [5, 5.41) is -1.37. The van der Waals surface area contributed by atoms with E-state index in [4.69, 9.17) is 4.55 Å². The molecule has 0 aromatic heterocycles. The summed E-state index contributed by atoms with van der Waals surface area (Å²) in [7, 11) is -8.77. The van der Waals surface area contributed by atoms with Crippen molar-refractivity contribution in [2.75, 3.05) is 12.4 Å². The SMILES string of the molecule is C=CC(=O)S(=O)(=O)OCCS(=O)(=O)O. The Morgan fingerprint density at radius 1 is 1.36 bits per heavy atom. The molecule has 0 aromatic carbocycles. The van der Waals surface area contributed by atoms with Gasteiger partial charge in [0.2, 0.25) is 0 Å². The van der Waals surface area contributed by atoms with E-state index in [1.54, 1.807) is 0 Å². The molecular formula is C5H8O7S2. The quantitative estimate of drug-likeness (QED) is 0.372. The summed E-state index contributed by atoms with van der Waals surface area (Å²) in [6.45, 7) is 2.09. The van der Waals surface area contributed by atoms with Gasteiger partial charge in [0.05, 0.1) is 6.61 Å². The lowest BCUT2D eigenvalue weighted by molar-refractivity contribution is -0.108. The van der Waals surface area contributed by atoms with E-state index < -0.39 is 37.7 Å². The summed E-state index contributed by atoms with van der Waals surface area (Å²) in [4.78, 5) is 10.5. The van der Waals surface area contributed by atoms with Gasteiger partial charge in [-0.1, -0.05) is 6.58 Å². The zero-order valence-corrected chi connectivity index (χ0v) is 8.54. The largest absolute Gasteiger partial charge is 0.335 e. The van der Waals surface area contributed by atoms with Crippen LogP contribution in [-0.4, -0.2) is 38.9 Å². The lowest BCUT2D eigenvalue weighted by atomic mass is 10.7. The molecule has 14 heavy (non-hydrogen) atoms. The van der Waals surface area contributed by atoms with Gasteiger partial charge in [-0.25, -0.2) is 0 Å². The fraction of sp³-hybridized carbons (Fsp3) is 0.400. The summed E-state index contributed by atoms with van der Waals surface area (Å²) in [6.07, 6.45) is 0.517. The van der Waals surface area contributed by atoms with Crippen molar-refractivity contribution < 1.29 is 30.4 Å². The first-order chi connectivity index (χ1) is 6.19. The van der Waals surface area contributed by atoms with Crippen LogP contribution >= 0.6 is 0 Å². The highest BCUT2D eigenvalue weighted by Crippen LogP contribution is 1.96. The van der Waals surface area contributed by atoms with E-state index in [1.807, 2.05) is 0 Å². The van der Waals surface area contributed by atoms with Gasteiger partial charge < -0.3 is 0 Å². The first kappa shape index (κ1) is 13.2. The molecule has 0 heterocycles. The Morgan fingerprint density at radius 2 is 1.86 bits per heavy atom. The second kappa shape index (κ2) is 4.64. The molecule has 0 spiro atoms. The van der Waals surface area contributed by atoms with Crippen molar-refractivity contribution in [2.45, 2.75) is 0 Å². The Balaban J connectivity index is 4.29. The topological polar surface area (TPSA) is 115 Å². The minimum Gasteiger partial charge on any atom is -0.285 e. The maximum Gasteiger partial charge on any atom is 0.335 e. The van der Waals surface area contributed by atoms with Crippen LogP contribution in [0.5, 0.6) is 0 Å². The highest BCUT2D eigenvalue weighted by atomic mass is 32.2. The number of carbonyl (C=O) groups excluding carboxylic acids is 1. The van der Waals surface area contributed by atoms with Crippen LogP contribution in [0.1, 0.15) is 0 Å². The molecule has 0 atom stereocenters. The predicted molar refractivity (Wildman–Crippen MR) is 46.5 cm³/mol. The van der Waals surface area contributed by atoms with Crippen molar-refractivity contribution in [1.82, 2.24) is 0 Å². The molecule has 82 valence electrons. The minimum atomic E-state index is -4.47. The maximum absolute atomic E-state index is 10.7. The third-order valence-electron chi connectivity index (χ3n) is 0.993. The average Bonchev–Trinajstić information content (AvgIpc) is 2.00. The number of hydrogen-bond donors (Lipinski definition) is 1. The van der Waals surface area contributed by atoms with Crippen LogP contribution in [-0.2, 0) is 29.2 Å². The normalized spacial score (nSPS) is 12.4. The molecule has 0 aliphatic carbocycles. The second-order valence-corrected chi connectivity index (χ2v) is 5.20. The van der Waals surface area contributed by atoms with E-state index >= 15 is 0 Å². The van der Waals surface area contributed by atoms with E-state index in [9.17, 15) is 21.6 Å². The van der Waals surface area contributed by atoms with Gasteiger partial charge >= 0.3 is 10.1 Å². The smallest absolute Gasteiger partial charge is 0.285 e. The molecule has 0 aliphatic heterocycles. The summed E-state index contributed by atoms with van der Waals surface area (Å²) < 4.78 is 53.9. The van der Waals surface area contributed by atoms with Crippen molar-refractivity contribution in [3.8, 4) is 0 Å². The van der Waals surface area contributed by atoms with E-state index in [1.165, 1.54) is 0 Å². The Labute approximate surface area is 81.2 Å². The summed E-state index contributed by atoms with van der Waals surface area (Å²) in [5.74, 6) is -0.906. The average molecular weight is 244 g/mol. The zero-order chi connectivity index (χ0) is 11.4. The maximum atomic E-state index is 10.7. The van der Waals surface area contributed by atoms with E-state index in [0.717, 1.165) is 0 Å². The summed E-state index contributed by atoms with van der Waals surface area (Å²) >= 11 is 0. The molecule has 0 aromatic rings. The fourth-order valence-electron chi connectivity index (χ4n) is 0.409. The van der Waals surface area contributed by atoms with Crippen LogP contribution in [0.4, 0.5) is 0 Å². The minimum absolute atomic E-state index is 0.517. The molecular weight excluding hydrogens is 236 g/mol. The second-order valence-electron chi connectivity index (χ2n) is 2.09. The Hall–Kier alpha value is -0.770. The number of hydrogen-bond acceptors (Lipinski definition) is 6. The van der Waals surface area contributed by atoms with Crippen molar-refractivity contribution in [1.29, 1.82) is 0 Å². The lowest BCUT2D eigenvalue weighted by Crippen LogP contribution is -2.19. The molecule has 0 bridgehead atoms. The molecule has 7 nitrogen and oxygen atoms in total. The Bertz CT molecular complexity index is 415. The molecule has 0 aliphatic rings. The highest BCUT2D eigenvalue weighted by Gasteiger charge is 2.20. The first-order valence-corrected chi connectivity index (χ1v) is 6.22. The van der Waals surface area contributed by atoms with E-state index in [-0.39, 0.29) is 0 Å². The molecule has 0 amide bonds. The van der Waals surface area contributed by atoms with Crippen LogP contribution in [0.2, 0.25) is 0 Å². The fourth-order valence-corrected chi connectivity index (χ4v) is 1.43. The van der Waals surface area contributed by atoms with Crippen LogP contribution < -0.4 is 0 Å². The van der Waals surface area contributed by atoms with Gasteiger partial charge in [-0.2, -0.15) is 16.8 Å². The Kier molecular flexibility index (Phi) is 4.39. The van der Waals surface area contributed by atoms with Gasteiger partial charge in [0.1, 0.15) is 5.75 Å². The molecule has 0 saturated carbocycles. The number of carbonyl (C=O) groups is 1. The van der Waals surface area contributed by atoms with Gasteiger partial charge in [0.15, 0.2) is 0 Å². The third-order valence-corrected chi connectivity index (χ3v) is 2.81. The molecule has 0 saturated heterocycles. The van der Waals surface area contributed by atoms with Gasteiger partial charge in [0, 0.05) is 0 Å². The van der Waals surface area contributed by atoms with E-state index in [0.29, 0.717) is 6.08 Å². The highest BCUT2D eigenvalue weighted by molar-refractivity contribution is 8.02. The van der Waals surface area contributed by atoms with Crippen molar-refractivity contribution >= 4 is 25.4 Å². The van der Waals surface area contributed by atoms with E-state index in [2.05, 4.69) is 10.8 Å². The molecule has 1 N–H and O–H groups in total. The summed E-state index contributed by atoms with van der Waals surface area (Å²) in [6, 6.07) is 0. The lowest BCUT2D eigenvalue weighted by Gasteiger charge is -1.99. The monoisotopic (exact) mass is 244 g/mol. The number of rotatable bonds is 5. The molecule has 0 unspecified atom stereocenters. The summed E-state index contributed by atoms with van der Waals surface area (Å²) in [5.41, 5.74) is 0. The van der Waals surface area contributed by atoms with Gasteiger partial charge in [-0.3, -0.25) is 13.5 Å². The van der Waals surface area contributed by atoms with Crippen LogP contribution in [0, 0.1) is 0 Å². The van der Waals surface area contributed by atoms with Gasteiger partial charge in [-0.05, 0) is 6.08 Å². The molecule has 9 heteroatoms. The molecule has 0 rings (SSSR count). The van der Waals surface area contributed by atoms with Crippen LogP contribution in [0.3, 0.4) is 0 Å². The third kappa shape index (κ3) is 5.07. The standard InChI is InChI=1S/C5H8O7S2/c1-2-5(6)14(10,11)12-3-4-13(7,8)9/h2H,1,3-4H2,(H,7,8,9). The Morgan fingerprint density at radius 3 is 2.21 bits per heavy atom. The van der Waals surface area contributed by atoms with Crippen molar-refractivity contribution in [3.05, 3.63) is 12.7 Å². The predicted octanol–water partition coefficient (Wildman–Crippen LogP) is -1.07. The molecule has 0 radical (unpaired) electrons. The zero-order valence-electron chi connectivity index (χ0n) is 6.91. The van der Waals surface area contributed by atoms with Crippen molar-refractivity contribution in [3.63, 3.8) is 0 Å². The first-order valence-electron chi connectivity index (χ1n) is 3.20. The van der Waals surface area contributed by atoms with Crippen molar-refractivity contribution in [2.24, 2.45) is 0 Å². The molecule has 0 fully saturated rings. The van der Waals surface area contributed by atoms with Gasteiger partial charge in [0.25, 0.3) is 15.2 Å². The van der Waals surface area contributed by atoms with Crippen LogP contribution in [0.25, 0.3) is 0 Å².